The van der Waals surface area contributed by atoms with Crippen LogP contribution < -0.4 is 11.5 Å². The molecule has 0 bridgehead atoms. The van der Waals surface area contributed by atoms with Crippen LogP contribution in [0.1, 0.15) is 0 Å². The molecule has 0 aliphatic heterocycles. The predicted molar refractivity (Wildman–Crippen MR) is 59.8 cm³/mol. The number of carbonyl (C=O) groups is 2. The molecule has 0 heterocycles. The van der Waals surface area contributed by atoms with Crippen LogP contribution >= 0.6 is 0 Å². The van der Waals surface area contributed by atoms with Crippen LogP contribution in [0.4, 0.5) is 4.79 Å². The van der Waals surface area contributed by atoms with Gasteiger partial charge < -0.3 is 41.8 Å². The molecule has 9 nitrogen and oxygen atoms in total. The Morgan fingerprint density at radius 1 is 0.941 bits per heavy atom. The molecule has 0 spiro atoms. The van der Waals surface area contributed by atoms with E-state index < -0.39 is 37.9 Å². The number of hydrogen-bond acceptors (Lipinski definition) is 7. The highest BCUT2D eigenvalue weighted by molar-refractivity contribution is 5.69. The Hall–Kier alpha value is -1.26. The summed E-state index contributed by atoms with van der Waals surface area (Å²) >= 11 is 0. The van der Waals surface area contributed by atoms with Crippen molar-refractivity contribution in [1.82, 2.24) is 0 Å². The van der Waals surface area contributed by atoms with Gasteiger partial charge in [0.05, 0.1) is 31.8 Å². The molecule has 0 atom stereocenters. The van der Waals surface area contributed by atoms with Crippen molar-refractivity contribution in [2.24, 2.45) is 16.9 Å². The number of nitrogens with two attached hydrogens (primary N) is 2. The molecule has 0 saturated carbocycles. The zero-order valence-electron chi connectivity index (χ0n) is 9.74. The van der Waals surface area contributed by atoms with E-state index in [1.165, 1.54) is 0 Å². The summed E-state index contributed by atoms with van der Waals surface area (Å²) in [7, 11) is 1.00. The summed E-state index contributed by atoms with van der Waals surface area (Å²) in [6.45, 7) is 0.375. The van der Waals surface area contributed by atoms with E-state index in [9.17, 15) is 0 Å². The lowest BCUT2D eigenvalue weighted by molar-refractivity contribution is -0.0980. The van der Waals surface area contributed by atoms with Gasteiger partial charge in [0.1, 0.15) is 6.79 Å². The number of primary amides is 2. The minimum absolute atomic E-state index is 0.406. The van der Waals surface area contributed by atoms with E-state index in [0.717, 1.165) is 7.11 Å². The normalized spacial score (nSPS) is 8.35. The fraction of sp³-hybridized carbons (Fsp3) is 0.750. The average molecular weight is 258 g/mol. The number of carbonyl (C=O) groups excluding carboxylic acids is 2. The van der Waals surface area contributed by atoms with Gasteiger partial charge in [-0.3, -0.25) is 0 Å². The SMILES string of the molecule is C=O.CO.NC(N)=O.OCC(CO)(CO)CO. The Labute approximate surface area is 99.3 Å². The van der Waals surface area contributed by atoms with Crippen LogP contribution in [0.2, 0.25) is 0 Å². The average Bonchev–Trinajstić information content (AvgIpc) is 2.37. The first kappa shape index (κ1) is 24.8. The van der Waals surface area contributed by atoms with E-state index in [1.807, 2.05) is 6.79 Å². The maximum atomic E-state index is 9.00. The van der Waals surface area contributed by atoms with Gasteiger partial charge in [0.2, 0.25) is 0 Å². The van der Waals surface area contributed by atoms with Gasteiger partial charge >= 0.3 is 6.03 Å². The summed E-state index contributed by atoms with van der Waals surface area (Å²) in [5, 5.41) is 41.0. The smallest absolute Gasteiger partial charge is 0.309 e. The van der Waals surface area contributed by atoms with Crippen LogP contribution in [0.15, 0.2) is 0 Å². The molecule has 0 aliphatic rings. The molecule has 0 saturated heterocycles. The van der Waals surface area contributed by atoms with Crippen LogP contribution in [0.5, 0.6) is 0 Å². The first-order valence-electron chi connectivity index (χ1n) is 4.20. The molecule has 17 heavy (non-hydrogen) atoms. The van der Waals surface area contributed by atoms with Gasteiger partial charge in [0.15, 0.2) is 0 Å². The lowest BCUT2D eigenvalue weighted by Crippen LogP contribution is -2.37. The number of rotatable bonds is 4. The molecule has 0 unspecified atom stereocenters. The molecule has 9 heteroatoms. The van der Waals surface area contributed by atoms with Crippen LogP contribution in [0, 0.1) is 5.41 Å². The maximum absolute atomic E-state index is 9.00. The zero-order valence-corrected chi connectivity index (χ0v) is 9.74. The van der Waals surface area contributed by atoms with Crippen molar-refractivity contribution >= 4 is 12.8 Å². The summed E-state index contributed by atoms with van der Waals surface area (Å²) in [6.07, 6.45) is 0. The number of aliphatic hydroxyl groups excluding tert-OH is 5. The third-order valence-electron chi connectivity index (χ3n) is 1.34. The Balaban J connectivity index is -0.0000000887. The zero-order chi connectivity index (χ0) is 14.9. The maximum Gasteiger partial charge on any atom is 0.309 e. The summed E-state index contributed by atoms with van der Waals surface area (Å²) in [4.78, 5) is 17.0. The molecule has 0 aromatic rings. The third kappa shape index (κ3) is 20.7. The van der Waals surface area contributed by atoms with Gasteiger partial charge in [-0.25, -0.2) is 4.79 Å². The topological polar surface area (TPSA) is 187 Å². The quantitative estimate of drug-likeness (QED) is 0.271. The molecular formula is C8H22N2O7. The van der Waals surface area contributed by atoms with Crippen molar-refractivity contribution in [1.29, 1.82) is 0 Å². The molecule has 0 fully saturated rings. The van der Waals surface area contributed by atoms with Crippen molar-refractivity contribution in [3.05, 3.63) is 0 Å². The van der Waals surface area contributed by atoms with E-state index in [1.54, 1.807) is 0 Å². The van der Waals surface area contributed by atoms with Gasteiger partial charge in [-0.1, -0.05) is 0 Å². The lowest BCUT2D eigenvalue weighted by atomic mass is 9.93. The number of hydrogen-bond donors (Lipinski definition) is 7. The van der Waals surface area contributed by atoms with Crippen molar-refractivity contribution in [3.8, 4) is 0 Å². The van der Waals surface area contributed by atoms with Crippen LogP contribution in [-0.2, 0) is 4.79 Å². The predicted octanol–water partition coefficient (Wildman–Crippen LogP) is -3.61. The van der Waals surface area contributed by atoms with Crippen molar-refractivity contribution in [3.63, 3.8) is 0 Å². The third-order valence-corrected chi connectivity index (χ3v) is 1.34. The van der Waals surface area contributed by atoms with E-state index in [-0.39, 0.29) is 0 Å². The number of aliphatic hydroxyl groups is 5. The van der Waals surface area contributed by atoms with E-state index >= 15 is 0 Å². The minimum atomic E-state index is -1.11. The highest BCUT2D eigenvalue weighted by Crippen LogP contribution is 2.11. The Morgan fingerprint density at radius 2 is 1.06 bits per heavy atom. The Morgan fingerprint density at radius 3 is 1.06 bits per heavy atom. The standard InChI is InChI=1S/C5H12O4.CH4N2O.CH4O.CH2O/c6-1-5(2-7,3-8)4-9;2-1(3)4;2*1-2/h6-9H,1-4H2;(H4,2,3,4);2H,1H3;1H2. The summed E-state index contributed by atoms with van der Waals surface area (Å²) < 4.78 is 0. The molecule has 106 valence electrons. The largest absolute Gasteiger partial charge is 0.400 e. The fourth-order valence-corrected chi connectivity index (χ4v) is 0.300. The molecule has 0 aromatic heterocycles. The highest BCUT2D eigenvalue weighted by atomic mass is 16.3. The van der Waals surface area contributed by atoms with Crippen LogP contribution in [0.25, 0.3) is 0 Å². The van der Waals surface area contributed by atoms with Crippen LogP contribution in [0.3, 0.4) is 0 Å². The van der Waals surface area contributed by atoms with Gasteiger partial charge in [-0.2, -0.15) is 0 Å². The minimum Gasteiger partial charge on any atom is -0.400 e. The number of amides is 2. The second-order valence-electron chi connectivity index (χ2n) is 2.53. The molecule has 0 radical (unpaired) electrons. The monoisotopic (exact) mass is 258 g/mol. The first-order valence-corrected chi connectivity index (χ1v) is 4.20. The highest BCUT2D eigenvalue weighted by Gasteiger charge is 2.26. The first-order chi connectivity index (χ1) is 7.97. The van der Waals surface area contributed by atoms with Crippen molar-refractivity contribution in [2.45, 2.75) is 0 Å². The van der Waals surface area contributed by atoms with Crippen molar-refractivity contribution in [2.75, 3.05) is 33.5 Å². The molecule has 0 rings (SSSR count). The van der Waals surface area contributed by atoms with Crippen molar-refractivity contribution < 1.29 is 35.1 Å². The summed E-state index contributed by atoms with van der Waals surface area (Å²) in [6, 6.07) is -0.833. The van der Waals surface area contributed by atoms with Gasteiger partial charge in [-0.05, 0) is 0 Å². The van der Waals surface area contributed by atoms with Gasteiger partial charge in [0.25, 0.3) is 0 Å². The van der Waals surface area contributed by atoms with E-state index in [4.69, 9.17) is 35.1 Å². The van der Waals surface area contributed by atoms with Crippen LogP contribution in [-0.4, -0.2) is 71.9 Å². The summed E-state index contributed by atoms with van der Waals surface area (Å²) in [5.41, 5.74) is 7.39. The molecule has 2 amide bonds. The molecule has 0 aliphatic carbocycles. The van der Waals surface area contributed by atoms with E-state index in [0.29, 0.717) is 0 Å². The second kappa shape index (κ2) is 20.2. The molecular weight excluding hydrogens is 236 g/mol. The molecule has 0 aromatic carbocycles. The van der Waals surface area contributed by atoms with E-state index in [2.05, 4.69) is 11.5 Å². The second-order valence-corrected chi connectivity index (χ2v) is 2.53. The van der Waals surface area contributed by atoms with Gasteiger partial charge in [-0.15, -0.1) is 0 Å². The lowest BCUT2D eigenvalue weighted by Gasteiger charge is -2.23. The van der Waals surface area contributed by atoms with Gasteiger partial charge in [0, 0.05) is 7.11 Å². The fourth-order valence-electron chi connectivity index (χ4n) is 0.300. The summed E-state index contributed by atoms with van der Waals surface area (Å²) in [5.74, 6) is 0. The Kier molecular flexibility index (Phi) is 29.5. The molecule has 9 N–H and O–H groups in total. The number of urea groups is 1. The Bertz CT molecular complexity index is 131.